The Hall–Kier alpha value is -2.09. The summed E-state index contributed by atoms with van der Waals surface area (Å²) in [6.45, 7) is 4.32. The van der Waals surface area contributed by atoms with Gasteiger partial charge in [0, 0.05) is 6.42 Å². The average Bonchev–Trinajstić information content (AvgIpc) is 2.87. The lowest BCUT2D eigenvalue weighted by Gasteiger charge is -2.46. The molecule has 8 nitrogen and oxygen atoms in total. The Morgan fingerprint density at radius 1 is 1.57 bits per heavy atom. The molecule has 0 saturated carbocycles. The molecule has 0 aromatic carbocycles. The van der Waals surface area contributed by atoms with E-state index in [4.69, 9.17) is 14.3 Å². The number of aliphatic carboxylic acids is 1. The van der Waals surface area contributed by atoms with Crippen molar-refractivity contribution >= 4 is 12.0 Å². The van der Waals surface area contributed by atoms with Crippen molar-refractivity contribution in [1.29, 1.82) is 0 Å². The van der Waals surface area contributed by atoms with Gasteiger partial charge in [0.25, 0.3) is 0 Å². The smallest absolute Gasteiger partial charge is 0.329 e. The molecule has 0 unspecified atom stereocenters. The number of rotatable bonds is 6. The highest BCUT2D eigenvalue weighted by molar-refractivity contribution is 5.75. The summed E-state index contributed by atoms with van der Waals surface area (Å²) < 4.78 is 10.6. The van der Waals surface area contributed by atoms with Gasteiger partial charge in [-0.25, -0.2) is 14.6 Å². The van der Waals surface area contributed by atoms with Gasteiger partial charge in [-0.2, -0.15) is 0 Å². The van der Waals surface area contributed by atoms with Crippen molar-refractivity contribution in [2.24, 2.45) is 0 Å². The molecule has 0 atom stereocenters. The average molecular weight is 297 g/mol. The van der Waals surface area contributed by atoms with Crippen LogP contribution in [-0.4, -0.2) is 52.3 Å². The number of hydrogen-bond acceptors (Lipinski definition) is 5. The van der Waals surface area contributed by atoms with Gasteiger partial charge < -0.3 is 24.5 Å². The predicted octanol–water partition coefficient (Wildman–Crippen LogP) is 0.622. The van der Waals surface area contributed by atoms with E-state index < -0.39 is 11.6 Å². The molecule has 0 radical (unpaired) electrons. The Kier molecular flexibility index (Phi) is 4.46. The molecule has 1 aliphatic rings. The monoisotopic (exact) mass is 297 g/mol. The van der Waals surface area contributed by atoms with E-state index in [0.717, 1.165) is 12.2 Å². The van der Waals surface area contributed by atoms with Crippen LogP contribution < -0.4 is 5.32 Å². The molecule has 1 aliphatic heterocycles. The summed E-state index contributed by atoms with van der Waals surface area (Å²) in [4.78, 5) is 27.9. The van der Waals surface area contributed by atoms with Crippen molar-refractivity contribution in [2.45, 2.75) is 32.4 Å². The highest BCUT2D eigenvalue weighted by Gasteiger charge is 2.42. The molecule has 21 heavy (non-hydrogen) atoms. The first kappa shape index (κ1) is 15.3. The third-order valence-electron chi connectivity index (χ3n) is 3.22. The van der Waals surface area contributed by atoms with Crippen LogP contribution in [0.25, 0.3) is 0 Å². The maximum atomic E-state index is 11.9. The quantitative estimate of drug-likeness (QED) is 0.797. The largest absolute Gasteiger partial charge is 0.480 e. The van der Waals surface area contributed by atoms with Crippen molar-refractivity contribution in [3.63, 3.8) is 0 Å². The number of urea groups is 1. The van der Waals surface area contributed by atoms with Gasteiger partial charge in [-0.1, -0.05) is 6.92 Å². The van der Waals surface area contributed by atoms with Gasteiger partial charge in [-0.3, -0.25) is 0 Å². The number of ether oxygens (including phenoxy) is 1. The lowest BCUT2D eigenvalue weighted by atomic mass is 9.97. The highest BCUT2D eigenvalue weighted by atomic mass is 16.5. The Morgan fingerprint density at radius 2 is 2.29 bits per heavy atom. The van der Waals surface area contributed by atoms with Crippen LogP contribution >= 0.6 is 0 Å². The predicted molar refractivity (Wildman–Crippen MR) is 71.7 cm³/mol. The number of oxazole rings is 1. The number of hydrogen-bond donors (Lipinski definition) is 2. The molecule has 1 aromatic rings. The van der Waals surface area contributed by atoms with Crippen LogP contribution in [0.5, 0.6) is 0 Å². The van der Waals surface area contributed by atoms with Crippen LogP contribution in [0.15, 0.2) is 10.6 Å². The summed E-state index contributed by atoms with van der Waals surface area (Å²) in [6, 6.07) is -0.248. The molecule has 1 aromatic heterocycles. The van der Waals surface area contributed by atoms with Gasteiger partial charge >= 0.3 is 12.0 Å². The van der Waals surface area contributed by atoms with Gasteiger partial charge in [0.1, 0.15) is 18.0 Å². The van der Waals surface area contributed by atoms with Crippen molar-refractivity contribution in [3.8, 4) is 0 Å². The minimum absolute atomic E-state index is 0.224. The number of carboxylic acids is 1. The van der Waals surface area contributed by atoms with Gasteiger partial charge in [-0.15, -0.1) is 0 Å². The van der Waals surface area contributed by atoms with E-state index in [1.165, 1.54) is 0 Å². The number of carbonyl (C=O) groups excluding carboxylic acids is 1. The third kappa shape index (κ3) is 3.94. The molecule has 0 aliphatic carbocycles. The summed E-state index contributed by atoms with van der Waals surface area (Å²) in [6.07, 6.45) is 2.40. The maximum Gasteiger partial charge on any atom is 0.329 e. The van der Waals surface area contributed by atoms with E-state index in [1.54, 1.807) is 18.0 Å². The van der Waals surface area contributed by atoms with E-state index in [0.29, 0.717) is 19.0 Å². The minimum Gasteiger partial charge on any atom is -0.480 e. The van der Waals surface area contributed by atoms with Crippen molar-refractivity contribution in [1.82, 2.24) is 15.2 Å². The van der Waals surface area contributed by atoms with Gasteiger partial charge in [0.2, 0.25) is 5.89 Å². The summed E-state index contributed by atoms with van der Waals surface area (Å²) in [7, 11) is 0. The zero-order chi connectivity index (χ0) is 15.5. The standard InChI is InChI=1S/C13H19N3O5/c1-3-9-4-14-10(21-9)5-15-12(19)16-7-13(2,8-16)20-6-11(17)18/h4H,3,5-8H2,1-2H3,(H,15,19)(H,17,18). The second-order valence-corrected chi connectivity index (χ2v) is 5.22. The van der Waals surface area contributed by atoms with Gasteiger partial charge in [-0.05, 0) is 6.92 Å². The molecule has 2 rings (SSSR count). The summed E-state index contributed by atoms with van der Waals surface area (Å²) in [5.74, 6) is 0.221. The lowest BCUT2D eigenvalue weighted by Crippen LogP contribution is -2.65. The zero-order valence-electron chi connectivity index (χ0n) is 12.1. The van der Waals surface area contributed by atoms with E-state index in [2.05, 4.69) is 10.3 Å². The van der Waals surface area contributed by atoms with Crippen molar-refractivity contribution in [3.05, 3.63) is 17.8 Å². The summed E-state index contributed by atoms with van der Waals surface area (Å²) in [5.41, 5.74) is -0.589. The number of likely N-dealkylation sites (tertiary alicyclic amines) is 1. The minimum atomic E-state index is -1.02. The first-order chi connectivity index (χ1) is 9.92. The molecule has 0 bridgehead atoms. The molecule has 0 spiro atoms. The molecular weight excluding hydrogens is 278 g/mol. The second-order valence-electron chi connectivity index (χ2n) is 5.22. The van der Waals surface area contributed by atoms with Crippen molar-refractivity contribution in [2.75, 3.05) is 19.7 Å². The number of amides is 2. The number of aryl methyl sites for hydroxylation is 1. The normalized spacial score (nSPS) is 16.4. The molecular formula is C13H19N3O5. The first-order valence-electron chi connectivity index (χ1n) is 6.74. The van der Waals surface area contributed by atoms with Crippen LogP contribution in [0.1, 0.15) is 25.5 Å². The number of carboxylic acid groups (broad SMARTS) is 1. The van der Waals surface area contributed by atoms with Crippen LogP contribution in [0.4, 0.5) is 4.79 Å². The molecule has 1 saturated heterocycles. The fourth-order valence-electron chi connectivity index (χ4n) is 2.09. The van der Waals surface area contributed by atoms with E-state index in [-0.39, 0.29) is 19.2 Å². The molecule has 1 fully saturated rings. The van der Waals surface area contributed by atoms with Gasteiger partial charge in [0.15, 0.2) is 0 Å². The van der Waals surface area contributed by atoms with Crippen LogP contribution in [0.2, 0.25) is 0 Å². The second kappa shape index (κ2) is 6.13. The van der Waals surface area contributed by atoms with E-state index in [1.807, 2.05) is 6.92 Å². The lowest BCUT2D eigenvalue weighted by molar-refractivity contribution is -0.159. The number of nitrogens with one attached hydrogen (secondary N) is 1. The fourth-order valence-corrected chi connectivity index (χ4v) is 2.09. The molecule has 2 heterocycles. The number of nitrogens with zero attached hydrogens (tertiary/aromatic N) is 2. The Morgan fingerprint density at radius 3 is 2.86 bits per heavy atom. The van der Waals surface area contributed by atoms with Crippen molar-refractivity contribution < 1.29 is 23.8 Å². The first-order valence-corrected chi connectivity index (χ1v) is 6.74. The zero-order valence-corrected chi connectivity index (χ0v) is 12.1. The SMILES string of the molecule is CCc1cnc(CNC(=O)N2CC(C)(OCC(=O)O)C2)o1. The number of aromatic nitrogens is 1. The molecule has 2 amide bonds. The van der Waals surface area contributed by atoms with Crippen LogP contribution in [-0.2, 0) is 22.5 Å². The fraction of sp³-hybridized carbons (Fsp3) is 0.615. The van der Waals surface area contributed by atoms with Crippen LogP contribution in [0.3, 0.4) is 0 Å². The summed E-state index contributed by atoms with van der Waals surface area (Å²) >= 11 is 0. The molecule has 116 valence electrons. The Balaban J connectivity index is 1.72. The Labute approximate surface area is 122 Å². The van der Waals surface area contributed by atoms with E-state index >= 15 is 0 Å². The Bertz CT molecular complexity index is 522. The summed E-state index contributed by atoms with van der Waals surface area (Å²) in [5, 5.41) is 11.3. The highest BCUT2D eigenvalue weighted by Crippen LogP contribution is 2.24. The van der Waals surface area contributed by atoms with E-state index in [9.17, 15) is 9.59 Å². The molecule has 2 N–H and O–H groups in total. The molecule has 8 heteroatoms. The topological polar surface area (TPSA) is 105 Å². The maximum absolute atomic E-state index is 11.9. The van der Waals surface area contributed by atoms with Crippen LogP contribution in [0, 0.1) is 0 Å². The number of carbonyl (C=O) groups is 2. The third-order valence-corrected chi connectivity index (χ3v) is 3.22. The van der Waals surface area contributed by atoms with Gasteiger partial charge in [0.05, 0.1) is 25.8 Å².